The highest BCUT2D eigenvalue weighted by molar-refractivity contribution is 7.22. The minimum absolute atomic E-state index is 0.0434. The number of aromatic nitrogens is 1. The lowest BCUT2D eigenvalue weighted by molar-refractivity contribution is 0.0734. The summed E-state index contributed by atoms with van der Waals surface area (Å²) in [6.45, 7) is 6.42. The van der Waals surface area contributed by atoms with Gasteiger partial charge in [-0.2, -0.15) is 5.10 Å². The fraction of sp³-hybridized carbons (Fsp3) is 0.160. The molecule has 0 saturated heterocycles. The third-order valence-electron chi connectivity index (χ3n) is 4.74. The van der Waals surface area contributed by atoms with Crippen molar-refractivity contribution in [3.05, 3.63) is 89.5 Å². The molecule has 0 fully saturated rings. The van der Waals surface area contributed by atoms with Crippen LogP contribution in [0, 0.1) is 0 Å². The minimum atomic E-state index is -0.376. The number of rotatable bonds is 5. The third-order valence-corrected chi connectivity index (χ3v) is 5.69. The van der Waals surface area contributed by atoms with Crippen LogP contribution in [0.4, 0.5) is 5.13 Å². The monoisotopic (exact) mass is 429 g/mol. The van der Waals surface area contributed by atoms with Crippen LogP contribution in [0.1, 0.15) is 42.3 Å². The number of ether oxygens (including phenoxy) is 1. The highest BCUT2D eigenvalue weighted by Crippen LogP contribution is 2.25. The zero-order valence-corrected chi connectivity index (χ0v) is 18.4. The van der Waals surface area contributed by atoms with Gasteiger partial charge in [-0.3, -0.25) is 5.43 Å². The molecule has 0 saturated carbocycles. The summed E-state index contributed by atoms with van der Waals surface area (Å²) in [7, 11) is 0. The predicted molar refractivity (Wildman–Crippen MR) is 127 cm³/mol. The van der Waals surface area contributed by atoms with E-state index in [9.17, 15) is 4.79 Å². The molecular weight excluding hydrogens is 406 g/mol. The maximum atomic E-state index is 12.4. The quantitative estimate of drug-likeness (QED) is 0.176. The number of para-hydroxylation sites is 1. The van der Waals surface area contributed by atoms with Crippen molar-refractivity contribution in [1.82, 2.24) is 4.98 Å². The number of carbonyl (C=O) groups excluding carboxylic acids is 1. The number of carbonyl (C=O) groups is 1. The van der Waals surface area contributed by atoms with Crippen LogP contribution >= 0.6 is 11.3 Å². The van der Waals surface area contributed by atoms with E-state index >= 15 is 0 Å². The lowest BCUT2D eigenvalue weighted by atomic mass is 9.87. The van der Waals surface area contributed by atoms with Gasteiger partial charge in [-0.1, -0.05) is 56.4 Å². The van der Waals surface area contributed by atoms with E-state index in [1.54, 1.807) is 41.8 Å². The van der Waals surface area contributed by atoms with Crippen molar-refractivity contribution in [1.29, 1.82) is 0 Å². The van der Waals surface area contributed by atoms with Gasteiger partial charge in [0.05, 0.1) is 22.0 Å². The highest BCUT2D eigenvalue weighted by atomic mass is 32.1. The number of hydrogen-bond acceptors (Lipinski definition) is 6. The van der Waals surface area contributed by atoms with Gasteiger partial charge in [0, 0.05) is 0 Å². The number of fused-ring (bicyclic) bond motifs is 1. The van der Waals surface area contributed by atoms with E-state index in [-0.39, 0.29) is 11.4 Å². The summed E-state index contributed by atoms with van der Waals surface area (Å²) in [6.07, 6.45) is 1.70. The maximum absolute atomic E-state index is 12.4. The molecule has 0 aliphatic carbocycles. The number of nitrogens with one attached hydrogen (secondary N) is 1. The smallest absolute Gasteiger partial charge is 0.343 e. The van der Waals surface area contributed by atoms with Crippen molar-refractivity contribution in [2.24, 2.45) is 5.10 Å². The maximum Gasteiger partial charge on any atom is 0.343 e. The van der Waals surface area contributed by atoms with E-state index in [1.807, 2.05) is 48.5 Å². The third kappa shape index (κ3) is 5.16. The Morgan fingerprint density at radius 2 is 1.71 bits per heavy atom. The Balaban J connectivity index is 1.35. The van der Waals surface area contributed by atoms with Crippen LogP contribution in [0.25, 0.3) is 10.2 Å². The van der Waals surface area contributed by atoms with E-state index in [0.29, 0.717) is 11.3 Å². The van der Waals surface area contributed by atoms with Gasteiger partial charge in [0.25, 0.3) is 0 Å². The number of nitrogens with zero attached hydrogens (tertiary/aromatic N) is 2. The summed E-state index contributed by atoms with van der Waals surface area (Å²) < 4.78 is 6.59. The molecule has 0 aliphatic rings. The second kappa shape index (κ2) is 8.70. The number of thiazole rings is 1. The zero-order chi connectivity index (χ0) is 21.8. The molecule has 3 aromatic carbocycles. The van der Waals surface area contributed by atoms with Crippen molar-refractivity contribution >= 4 is 38.9 Å². The molecule has 0 spiro atoms. The van der Waals surface area contributed by atoms with Crippen LogP contribution in [0.15, 0.2) is 77.9 Å². The Bertz CT molecular complexity index is 1190. The van der Waals surface area contributed by atoms with Crippen molar-refractivity contribution in [2.75, 3.05) is 5.43 Å². The Hall–Kier alpha value is -3.51. The molecule has 0 unspecified atom stereocenters. The topological polar surface area (TPSA) is 63.6 Å². The van der Waals surface area contributed by atoms with Crippen LogP contribution < -0.4 is 10.2 Å². The normalized spacial score (nSPS) is 11.7. The number of anilines is 1. The second-order valence-corrected chi connectivity index (χ2v) is 9.17. The van der Waals surface area contributed by atoms with Gasteiger partial charge < -0.3 is 4.74 Å². The van der Waals surface area contributed by atoms with Gasteiger partial charge in [0.15, 0.2) is 0 Å². The number of esters is 1. The van der Waals surface area contributed by atoms with Gasteiger partial charge >= 0.3 is 5.97 Å². The molecule has 0 aliphatic heterocycles. The predicted octanol–water partition coefficient (Wildman–Crippen LogP) is 6.26. The second-order valence-electron chi connectivity index (χ2n) is 8.14. The fourth-order valence-electron chi connectivity index (χ4n) is 2.98. The summed E-state index contributed by atoms with van der Waals surface area (Å²) in [4.78, 5) is 16.9. The van der Waals surface area contributed by atoms with E-state index in [1.165, 1.54) is 5.56 Å². The molecule has 0 bridgehead atoms. The molecule has 156 valence electrons. The Morgan fingerprint density at radius 1 is 1.00 bits per heavy atom. The average molecular weight is 430 g/mol. The van der Waals surface area contributed by atoms with Crippen LogP contribution in [-0.4, -0.2) is 17.2 Å². The SMILES string of the molecule is CC(C)(C)c1ccc(C(=O)Oc2ccc(/C=N\Nc3nc4ccccc4s3)cc2)cc1. The van der Waals surface area contributed by atoms with Crippen molar-refractivity contribution in [2.45, 2.75) is 26.2 Å². The summed E-state index contributed by atoms with van der Waals surface area (Å²) in [5.41, 5.74) is 6.53. The van der Waals surface area contributed by atoms with Crippen molar-refractivity contribution in [3.8, 4) is 5.75 Å². The largest absolute Gasteiger partial charge is 0.423 e. The van der Waals surface area contributed by atoms with Gasteiger partial charge in [0.2, 0.25) is 5.13 Å². The Kier molecular flexibility index (Phi) is 5.82. The Labute approximate surface area is 185 Å². The number of hydrogen-bond donors (Lipinski definition) is 1. The average Bonchev–Trinajstić information content (AvgIpc) is 3.17. The van der Waals surface area contributed by atoms with Crippen molar-refractivity contribution < 1.29 is 9.53 Å². The Morgan fingerprint density at radius 3 is 2.39 bits per heavy atom. The number of benzene rings is 3. The molecule has 0 radical (unpaired) electrons. The van der Waals surface area contributed by atoms with E-state index in [0.717, 1.165) is 20.9 Å². The number of hydrazone groups is 1. The van der Waals surface area contributed by atoms with Gasteiger partial charge in [-0.15, -0.1) is 0 Å². The summed E-state index contributed by atoms with van der Waals surface area (Å²) in [5.74, 6) is 0.112. The standard InChI is InChI=1S/C25H23N3O2S/c1-25(2,3)19-12-10-18(11-13-19)23(29)30-20-14-8-17(9-15-20)16-26-28-24-27-21-6-4-5-7-22(21)31-24/h4-16H,1-3H3,(H,27,28)/b26-16-. The van der Waals surface area contributed by atoms with Crippen LogP contribution in [0.3, 0.4) is 0 Å². The molecule has 0 amide bonds. The lowest BCUT2D eigenvalue weighted by Crippen LogP contribution is -2.12. The molecule has 1 heterocycles. The molecule has 5 nitrogen and oxygen atoms in total. The van der Waals surface area contributed by atoms with E-state index < -0.39 is 0 Å². The first kappa shape index (κ1) is 20.8. The highest BCUT2D eigenvalue weighted by Gasteiger charge is 2.15. The van der Waals surface area contributed by atoms with Crippen LogP contribution in [-0.2, 0) is 5.41 Å². The summed E-state index contributed by atoms with van der Waals surface area (Å²) >= 11 is 1.55. The first-order chi connectivity index (χ1) is 14.9. The molecule has 31 heavy (non-hydrogen) atoms. The van der Waals surface area contributed by atoms with E-state index in [2.05, 4.69) is 36.3 Å². The first-order valence-corrected chi connectivity index (χ1v) is 10.8. The molecular formula is C25H23N3O2S. The summed E-state index contributed by atoms with van der Waals surface area (Å²) in [5, 5.41) is 4.98. The van der Waals surface area contributed by atoms with Gasteiger partial charge in [-0.25, -0.2) is 9.78 Å². The first-order valence-electron chi connectivity index (χ1n) is 9.96. The molecule has 6 heteroatoms. The lowest BCUT2D eigenvalue weighted by Gasteiger charge is -2.18. The zero-order valence-electron chi connectivity index (χ0n) is 17.6. The molecule has 1 N–H and O–H groups in total. The molecule has 4 rings (SSSR count). The fourth-order valence-corrected chi connectivity index (χ4v) is 3.79. The van der Waals surface area contributed by atoms with Crippen molar-refractivity contribution in [3.63, 3.8) is 0 Å². The van der Waals surface area contributed by atoms with Gasteiger partial charge in [0.1, 0.15) is 5.75 Å². The minimum Gasteiger partial charge on any atom is -0.423 e. The molecule has 4 aromatic rings. The summed E-state index contributed by atoms with van der Waals surface area (Å²) in [6, 6.07) is 22.7. The van der Waals surface area contributed by atoms with Crippen LogP contribution in [0.2, 0.25) is 0 Å². The van der Waals surface area contributed by atoms with Crippen LogP contribution in [0.5, 0.6) is 5.75 Å². The van der Waals surface area contributed by atoms with Gasteiger partial charge in [-0.05, 0) is 65.1 Å². The molecule has 1 aromatic heterocycles. The van der Waals surface area contributed by atoms with E-state index in [4.69, 9.17) is 4.74 Å². The molecule has 0 atom stereocenters.